The van der Waals surface area contributed by atoms with E-state index >= 15 is 0 Å². The summed E-state index contributed by atoms with van der Waals surface area (Å²) >= 11 is 0. The van der Waals surface area contributed by atoms with Gasteiger partial charge in [0.1, 0.15) is 11.6 Å². The molecule has 1 heterocycles. The van der Waals surface area contributed by atoms with Gasteiger partial charge in [-0.05, 0) is 55.5 Å². The Kier molecular flexibility index (Phi) is 6.75. The number of ether oxygens (including phenoxy) is 1. The fourth-order valence-corrected chi connectivity index (χ4v) is 3.95. The van der Waals surface area contributed by atoms with Gasteiger partial charge in [-0.3, -0.25) is 9.59 Å². The first-order chi connectivity index (χ1) is 14.3. The lowest BCUT2D eigenvalue weighted by atomic mass is 9.84. The summed E-state index contributed by atoms with van der Waals surface area (Å²) in [5, 5.41) is 3.01. The minimum Gasteiger partial charge on any atom is -0.497 e. The Morgan fingerprint density at radius 1 is 1.23 bits per heavy atom. The number of amides is 2. The number of methoxy groups -OCH3 is 1. The number of rotatable bonds is 8. The van der Waals surface area contributed by atoms with Crippen LogP contribution in [-0.4, -0.2) is 36.4 Å². The van der Waals surface area contributed by atoms with Crippen LogP contribution in [0.4, 0.5) is 4.39 Å². The second-order valence-corrected chi connectivity index (χ2v) is 8.20. The minimum absolute atomic E-state index is 0.00205. The van der Waals surface area contributed by atoms with E-state index in [1.807, 2.05) is 31.2 Å². The van der Waals surface area contributed by atoms with E-state index in [9.17, 15) is 14.0 Å². The average Bonchev–Trinajstić information content (AvgIpc) is 3.10. The zero-order chi connectivity index (χ0) is 21.7. The van der Waals surface area contributed by atoms with Crippen molar-refractivity contribution in [3.63, 3.8) is 0 Å². The highest BCUT2D eigenvalue weighted by molar-refractivity contribution is 5.80. The number of benzene rings is 2. The molecule has 2 amide bonds. The number of hydrogen-bond acceptors (Lipinski definition) is 3. The molecule has 0 unspecified atom stereocenters. The summed E-state index contributed by atoms with van der Waals surface area (Å²) in [5.74, 6) is 0.180. The lowest BCUT2D eigenvalue weighted by Crippen LogP contribution is -2.44. The summed E-state index contributed by atoms with van der Waals surface area (Å²) in [6, 6.07) is 12.7. The fraction of sp³-hybridized carbons (Fsp3) is 0.417. The van der Waals surface area contributed by atoms with Gasteiger partial charge in [0, 0.05) is 32.0 Å². The molecule has 160 valence electrons. The van der Waals surface area contributed by atoms with Crippen molar-refractivity contribution in [1.82, 2.24) is 10.2 Å². The maximum absolute atomic E-state index is 14.4. The third-order valence-electron chi connectivity index (χ3n) is 5.80. The summed E-state index contributed by atoms with van der Waals surface area (Å²) < 4.78 is 19.6. The van der Waals surface area contributed by atoms with Crippen molar-refractivity contribution in [2.24, 2.45) is 0 Å². The van der Waals surface area contributed by atoms with Gasteiger partial charge >= 0.3 is 0 Å². The first kappa shape index (κ1) is 21.8. The van der Waals surface area contributed by atoms with Crippen LogP contribution in [0.15, 0.2) is 42.5 Å². The molecule has 0 bridgehead atoms. The van der Waals surface area contributed by atoms with Crippen LogP contribution >= 0.6 is 0 Å². The summed E-state index contributed by atoms with van der Waals surface area (Å²) in [4.78, 5) is 26.4. The van der Waals surface area contributed by atoms with Crippen LogP contribution in [0, 0.1) is 12.7 Å². The molecule has 30 heavy (non-hydrogen) atoms. The van der Waals surface area contributed by atoms with E-state index in [4.69, 9.17) is 4.74 Å². The molecule has 0 spiro atoms. The summed E-state index contributed by atoms with van der Waals surface area (Å²) in [6.07, 6.45) is 2.05. The molecular formula is C24H29FN2O3. The highest BCUT2D eigenvalue weighted by atomic mass is 19.1. The van der Waals surface area contributed by atoms with Crippen molar-refractivity contribution < 1.29 is 18.7 Å². The highest BCUT2D eigenvalue weighted by Crippen LogP contribution is 2.32. The number of hydrogen-bond donors (Lipinski definition) is 1. The smallest absolute Gasteiger partial charge is 0.222 e. The molecule has 2 aromatic rings. The fourth-order valence-electron chi connectivity index (χ4n) is 3.95. The SMILES string of the molecule is COc1ccc(F)c(C[C@@]2(CCC(=O)N(C)Cc3ccc(C)cc3)CCC(=O)N2)c1. The molecule has 1 N–H and O–H groups in total. The van der Waals surface area contributed by atoms with Gasteiger partial charge in [0.25, 0.3) is 0 Å². The molecule has 1 atom stereocenters. The van der Waals surface area contributed by atoms with Crippen LogP contribution in [0.3, 0.4) is 0 Å². The minimum atomic E-state index is -0.620. The summed E-state index contributed by atoms with van der Waals surface area (Å²) in [7, 11) is 3.32. The van der Waals surface area contributed by atoms with Crippen molar-refractivity contribution in [2.45, 2.75) is 51.1 Å². The Morgan fingerprint density at radius 2 is 1.97 bits per heavy atom. The van der Waals surface area contributed by atoms with Crippen LogP contribution in [0.1, 0.15) is 42.4 Å². The van der Waals surface area contributed by atoms with Crippen molar-refractivity contribution in [3.05, 3.63) is 65.0 Å². The molecule has 3 rings (SSSR count). The third kappa shape index (κ3) is 5.38. The van der Waals surface area contributed by atoms with Crippen LogP contribution in [0.2, 0.25) is 0 Å². The van der Waals surface area contributed by atoms with Crippen LogP contribution in [0.25, 0.3) is 0 Å². The molecule has 1 aliphatic rings. The number of carbonyl (C=O) groups is 2. The molecule has 6 heteroatoms. The van der Waals surface area contributed by atoms with Gasteiger partial charge in [0.05, 0.1) is 7.11 Å². The van der Waals surface area contributed by atoms with Gasteiger partial charge in [-0.2, -0.15) is 0 Å². The Bertz CT molecular complexity index is 913. The Labute approximate surface area is 177 Å². The predicted molar refractivity (Wildman–Crippen MR) is 114 cm³/mol. The van der Waals surface area contributed by atoms with Crippen molar-refractivity contribution in [3.8, 4) is 5.75 Å². The normalized spacial score (nSPS) is 18.2. The van der Waals surface area contributed by atoms with Crippen molar-refractivity contribution >= 4 is 11.8 Å². The number of nitrogens with zero attached hydrogens (tertiary/aromatic N) is 1. The van der Waals surface area contributed by atoms with E-state index in [1.54, 1.807) is 24.1 Å². The molecule has 0 saturated carbocycles. The van der Waals surface area contributed by atoms with E-state index in [-0.39, 0.29) is 24.1 Å². The van der Waals surface area contributed by atoms with Gasteiger partial charge in [-0.1, -0.05) is 29.8 Å². The largest absolute Gasteiger partial charge is 0.497 e. The molecule has 1 saturated heterocycles. The van der Waals surface area contributed by atoms with Crippen molar-refractivity contribution in [2.75, 3.05) is 14.2 Å². The predicted octanol–water partition coefficient (Wildman–Crippen LogP) is 3.77. The standard InChI is InChI=1S/C24H29FN2O3/c1-17-4-6-18(7-5-17)16-27(2)23(29)11-13-24(12-10-22(28)26-24)15-19-14-20(30-3)8-9-21(19)25/h4-9,14H,10-13,15-16H2,1-3H3,(H,26,28)/t24-/m0/s1. The van der Waals surface area contributed by atoms with E-state index < -0.39 is 5.54 Å². The first-order valence-electron chi connectivity index (χ1n) is 10.2. The molecular weight excluding hydrogens is 383 g/mol. The molecule has 0 radical (unpaired) electrons. The van der Waals surface area contributed by atoms with Gasteiger partial charge in [-0.15, -0.1) is 0 Å². The van der Waals surface area contributed by atoms with Crippen molar-refractivity contribution in [1.29, 1.82) is 0 Å². The van der Waals surface area contributed by atoms with Gasteiger partial charge in [-0.25, -0.2) is 4.39 Å². The molecule has 1 fully saturated rings. The summed E-state index contributed by atoms with van der Waals surface area (Å²) in [6.45, 7) is 2.56. The Hall–Kier alpha value is -2.89. The van der Waals surface area contributed by atoms with Crippen LogP contribution in [0.5, 0.6) is 5.75 Å². The van der Waals surface area contributed by atoms with E-state index in [1.165, 1.54) is 18.7 Å². The van der Waals surface area contributed by atoms with Crippen LogP contribution in [-0.2, 0) is 22.6 Å². The van der Waals surface area contributed by atoms with E-state index in [0.29, 0.717) is 43.5 Å². The maximum Gasteiger partial charge on any atom is 0.222 e. The number of halogens is 1. The zero-order valence-corrected chi connectivity index (χ0v) is 17.8. The van der Waals surface area contributed by atoms with E-state index in [2.05, 4.69) is 5.32 Å². The second kappa shape index (κ2) is 9.28. The number of aryl methyl sites for hydroxylation is 1. The molecule has 5 nitrogen and oxygen atoms in total. The second-order valence-electron chi connectivity index (χ2n) is 8.20. The van der Waals surface area contributed by atoms with Gasteiger partial charge in [0.15, 0.2) is 0 Å². The maximum atomic E-state index is 14.4. The van der Waals surface area contributed by atoms with E-state index in [0.717, 1.165) is 5.56 Å². The van der Waals surface area contributed by atoms with Crippen LogP contribution < -0.4 is 10.1 Å². The molecule has 0 aliphatic carbocycles. The lowest BCUT2D eigenvalue weighted by Gasteiger charge is -2.30. The quantitative estimate of drug-likeness (QED) is 0.718. The molecule has 0 aromatic heterocycles. The first-order valence-corrected chi connectivity index (χ1v) is 10.2. The number of nitrogens with one attached hydrogen (secondary N) is 1. The highest BCUT2D eigenvalue weighted by Gasteiger charge is 2.38. The molecule has 1 aliphatic heterocycles. The number of carbonyl (C=O) groups excluding carboxylic acids is 2. The Morgan fingerprint density at radius 3 is 2.60 bits per heavy atom. The molecule has 2 aromatic carbocycles. The Balaban J connectivity index is 1.67. The van der Waals surface area contributed by atoms with Gasteiger partial charge < -0.3 is 15.0 Å². The summed E-state index contributed by atoms with van der Waals surface area (Å²) in [5.41, 5.74) is 2.11. The lowest BCUT2D eigenvalue weighted by molar-refractivity contribution is -0.131. The topological polar surface area (TPSA) is 58.6 Å². The third-order valence-corrected chi connectivity index (χ3v) is 5.80. The average molecular weight is 413 g/mol. The zero-order valence-electron chi connectivity index (χ0n) is 17.8. The van der Waals surface area contributed by atoms with Gasteiger partial charge in [0.2, 0.25) is 11.8 Å². The monoisotopic (exact) mass is 412 g/mol.